The Hall–Kier alpha value is -3.16. The zero-order valence-electron chi connectivity index (χ0n) is 31.1. The number of allylic oxidation sites excluding steroid dienone is 5. The van der Waals surface area contributed by atoms with E-state index in [1.54, 1.807) is 0 Å². The summed E-state index contributed by atoms with van der Waals surface area (Å²) in [6.07, 6.45) is 10.2. The van der Waals surface area contributed by atoms with Crippen molar-refractivity contribution in [2.75, 3.05) is 7.05 Å². The predicted molar refractivity (Wildman–Crippen MR) is 204 cm³/mol. The molecule has 2 N–H and O–H groups in total. The van der Waals surface area contributed by atoms with Crippen LogP contribution in [0.2, 0.25) is 0 Å². The molecule has 0 bridgehead atoms. The van der Waals surface area contributed by atoms with Crippen LogP contribution in [0.4, 0.5) is 0 Å². The highest BCUT2D eigenvalue weighted by atomic mass is 14.5. The molecule has 3 aromatic rings. The quantitative estimate of drug-likeness (QED) is 0.287. The number of fused-ring (bicyclic) bond motifs is 2. The molecule has 0 saturated heterocycles. The molecule has 5 rings (SSSR count). The third-order valence-electron chi connectivity index (χ3n) is 8.88. The number of hydrogen-bond acceptors (Lipinski definition) is 1. The molecule has 2 aliphatic rings. The molecule has 1 unspecified atom stereocenters. The number of rotatable bonds is 5. The maximum absolute atomic E-state index is 4.50. The van der Waals surface area contributed by atoms with Crippen molar-refractivity contribution in [3.05, 3.63) is 131 Å². The van der Waals surface area contributed by atoms with E-state index in [1.165, 1.54) is 63.6 Å². The maximum Gasteiger partial charge on any atom is 0.0117 e. The van der Waals surface area contributed by atoms with Crippen LogP contribution < -0.4 is 5.73 Å². The van der Waals surface area contributed by atoms with Gasteiger partial charge in [-0.25, -0.2) is 0 Å². The lowest BCUT2D eigenvalue weighted by atomic mass is 9.58. The highest BCUT2D eigenvalue weighted by molar-refractivity contribution is 5.69. The zero-order chi connectivity index (χ0) is 34.4. The SMILES string of the molecule is C=C/C(=C1\Cc2c(C)cc(-c3ccccc3)cc2C1(C)C)C(C)C.CC.CC/C=C\C1c2ccccc2C1(C)C.CCC.CN. The summed E-state index contributed by atoms with van der Waals surface area (Å²) in [5.41, 5.74) is 17.9. The van der Waals surface area contributed by atoms with Crippen molar-refractivity contribution in [3.8, 4) is 11.1 Å². The van der Waals surface area contributed by atoms with E-state index < -0.39 is 0 Å². The van der Waals surface area contributed by atoms with Crippen molar-refractivity contribution < 1.29 is 0 Å². The first-order valence-corrected chi connectivity index (χ1v) is 17.3. The topological polar surface area (TPSA) is 26.0 Å². The van der Waals surface area contributed by atoms with Gasteiger partial charge in [0.1, 0.15) is 0 Å². The summed E-state index contributed by atoms with van der Waals surface area (Å²) in [7, 11) is 1.50. The van der Waals surface area contributed by atoms with Crippen molar-refractivity contribution in [1.82, 2.24) is 0 Å². The van der Waals surface area contributed by atoms with Crippen LogP contribution in [0.25, 0.3) is 11.1 Å². The lowest BCUT2D eigenvalue weighted by Gasteiger charge is -2.45. The number of hydrogen-bond donors (Lipinski definition) is 1. The summed E-state index contributed by atoms with van der Waals surface area (Å²) in [6.45, 7) is 30.7. The Morgan fingerprint density at radius 1 is 0.867 bits per heavy atom. The minimum Gasteiger partial charge on any atom is -0.333 e. The Morgan fingerprint density at radius 3 is 1.96 bits per heavy atom. The molecule has 0 aromatic heterocycles. The molecule has 1 heteroatoms. The summed E-state index contributed by atoms with van der Waals surface area (Å²) in [5.74, 6) is 1.14. The van der Waals surface area contributed by atoms with Crippen molar-refractivity contribution in [3.63, 3.8) is 0 Å². The van der Waals surface area contributed by atoms with E-state index in [4.69, 9.17) is 0 Å². The van der Waals surface area contributed by atoms with Gasteiger partial charge in [-0.3, -0.25) is 0 Å². The summed E-state index contributed by atoms with van der Waals surface area (Å²) in [4.78, 5) is 0. The Balaban J connectivity index is 0.000000409. The van der Waals surface area contributed by atoms with E-state index >= 15 is 0 Å². The van der Waals surface area contributed by atoms with E-state index in [0.717, 1.165) is 12.8 Å². The lowest BCUT2D eigenvalue weighted by molar-refractivity contribution is 0.401. The second kappa shape index (κ2) is 18.7. The first-order valence-electron chi connectivity index (χ1n) is 17.3. The fourth-order valence-corrected chi connectivity index (χ4v) is 6.59. The zero-order valence-corrected chi connectivity index (χ0v) is 31.1. The standard InChI is InChI=1S/C24H28.C14H18.C3H8.C2H6.CH5N/c1-7-20(16(2)3)23-15-21-17(4)13-19(14-22(21)24(23,5)6)18-11-9-8-10-12-18;1-4-5-9-12-11-8-6-7-10-13(11)14(12,2)3;1-3-2;2*1-2/h7-14,16H,1,15H2,2-6H3;5-10,12H,4H2,1-3H3;3H2,1-2H3;1-2H3;2H2,1H3/b23-20-;9-5-;;;. The van der Waals surface area contributed by atoms with Gasteiger partial charge < -0.3 is 5.73 Å². The van der Waals surface area contributed by atoms with Gasteiger partial charge in [-0.15, -0.1) is 0 Å². The first-order chi connectivity index (χ1) is 21.4. The molecular weight excluding hydrogens is 542 g/mol. The van der Waals surface area contributed by atoms with Crippen LogP contribution in [0, 0.1) is 12.8 Å². The maximum atomic E-state index is 4.50. The molecule has 2 aliphatic carbocycles. The molecule has 0 heterocycles. The fourth-order valence-electron chi connectivity index (χ4n) is 6.59. The minimum absolute atomic E-state index is 0.0681. The molecule has 45 heavy (non-hydrogen) atoms. The average Bonchev–Trinajstić information content (AvgIpc) is 3.31. The smallest absolute Gasteiger partial charge is 0.0117 e. The lowest BCUT2D eigenvalue weighted by Crippen LogP contribution is -2.37. The molecule has 1 nitrogen and oxygen atoms in total. The third kappa shape index (κ3) is 9.20. The Morgan fingerprint density at radius 2 is 1.42 bits per heavy atom. The van der Waals surface area contributed by atoms with Crippen molar-refractivity contribution in [2.24, 2.45) is 11.7 Å². The van der Waals surface area contributed by atoms with Gasteiger partial charge in [0.25, 0.3) is 0 Å². The molecular formula is C44H65N. The summed E-state index contributed by atoms with van der Waals surface area (Å²) >= 11 is 0. The van der Waals surface area contributed by atoms with Gasteiger partial charge in [0.2, 0.25) is 0 Å². The Bertz CT molecular complexity index is 1380. The van der Waals surface area contributed by atoms with Crippen LogP contribution in [-0.4, -0.2) is 7.05 Å². The molecule has 3 aromatic carbocycles. The van der Waals surface area contributed by atoms with Gasteiger partial charge in [-0.1, -0.05) is 174 Å². The Kier molecular flexibility index (Phi) is 16.6. The van der Waals surface area contributed by atoms with E-state index in [9.17, 15) is 0 Å². The summed E-state index contributed by atoms with van der Waals surface area (Å²) < 4.78 is 0. The van der Waals surface area contributed by atoms with Crippen LogP contribution in [-0.2, 0) is 17.3 Å². The molecule has 0 radical (unpaired) electrons. The summed E-state index contributed by atoms with van der Waals surface area (Å²) in [6, 6.07) is 24.2. The van der Waals surface area contributed by atoms with Crippen molar-refractivity contribution in [2.45, 2.75) is 119 Å². The van der Waals surface area contributed by atoms with Gasteiger partial charge in [0.15, 0.2) is 0 Å². The van der Waals surface area contributed by atoms with Crippen LogP contribution in [0.5, 0.6) is 0 Å². The van der Waals surface area contributed by atoms with Crippen LogP contribution in [0.15, 0.2) is 103 Å². The average molecular weight is 608 g/mol. The first kappa shape index (κ1) is 39.9. The van der Waals surface area contributed by atoms with Crippen molar-refractivity contribution >= 4 is 0 Å². The van der Waals surface area contributed by atoms with E-state index in [2.05, 4.69) is 167 Å². The van der Waals surface area contributed by atoms with Crippen LogP contribution in [0.1, 0.15) is 123 Å². The van der Waals surface area contributed by atoms with Gasteiger partial charge in [0.05, 0.1) is 0 Å². The third-order valence-corrected chi connectivity index (χ3v) is 8.88. The highest BCUT2D eigenvalue weighted by Gasteiger charge is 2.42. The van der Waals surface area contributed by atoms with Crippen molar-refractivity contribution in [1.29, 1.82) is 0 Å². The van der Waals surface area contributed by atoms with Crippen LogP contribution >= 0.6 is 0 Å². The largest absolute Gasteiger partial charge is 0.333 e. The fraction of sp³-hybridized carbons (Fsp3) is 0.455. The molecule has 1 atom stereocenters. The summed E-state index contributed by atoms with van der Waals surface area (Å²) in [5, 5.41) is 0. The predicted octanol–water partition coefficient (Wildman–Crippen LogP) is 12.7. The molecule has 0 aliphatic heterocycles. The van der Waals surface area contributed by atoms with E-state index in [1.807, 2.05) is 13.8 Å². The van der Waals surface area contributed by atoms with Gasteiger partial charge in [-0.05, 0) is 83.3 Å². The number of benzene rings is 3. The molecule has 246 valence electrons. The second-order valence-corrected chi connectivity index (χ2v) is 13.1. The number of nitrogens with two attached hydrogens (primary N) is 1. The van der Waals surface area contributed by atoms with Crippen LogP contribution in [0.3, 0.4) is 0 Å². The Labute approximate surface area is 278 Å². The van der Waals surface area contributed by atoms with Gasteiger partial charge in [-0.2, -0.15) is 0 Å². The minimum atomic E-state index is 0.0681. The van der Waals surface area contributed by atoms with E-state index in [0.29, 0.717) is 17.3 Å². The highest BCUT2D eigenvalue weighted by Crippen LogP contribution is 2.52. The molecule has 0 amide bonds. The van der Waals surface area contributed by atoms with Gasteiger partial charge >= 0.3 is 0 Å². The number of aryl methyl sites for hydroxylation is 1. The second-order valence-electron chi connectivity index (χ2n) is 13.1. The molecule has 0 fully saturated rings. The molecule has 0 spiro atoms. The molecule has 0 saturated carbocycles. The normalized spacial score (nSPS) is 17.4. The van der Waals surface area contributed by atoms with E-state index in [-0.39, 0.29) is 5.41 Å². The van der Waals surface area contributed by atoms with Gasteiger partial charge in [0, 0.05) is 16.7 Å². The monoisotopic (exact) mass is 608 g/mol.